The third-order valence-electron chi connectivity index (χ3n) is 4.46. The van der Waals surface area contributed by atoms with Crippen LogP contribution in [-0.2, 0) is 21.2 Å². The number of hydrogen-bond acceptors (Lipinski definition) is 3. The largest absolute Gasteiger partial charge is 0.347 e. The lowest BCUT2D eigenvalue weighted by molar-refractivity contribution is -0.121. The molecule has 2 heterocycles. The minimum atomic E-state index is -3.19. The first-order valence-corrected chi connectivity index (χ1v) is 10.1. The second-order valence-electron chi connectivity index (χ2n) is 6.37. The molecule has 1 N–H and O–H groups in total. The van der Waals surface area contributed by atoms with Gasteiger partial charge in [0.2, 0.25) is 5.91 Å². The van der Waals surface area contributed by atoms with Gasteiger partial charge in [0.25, 0.3) is 0 Å². The van der Waals surface area contributed by atoms with Crippen LogP contribution in [-0.4, -0.2) is 30.7 Å². The van der Waals surface area contributed by atoms with Crippen molar-refractivity contribution in [2.24, 2.45) is 0 Å². The minimum Gasteiger partial charge on any atom is -0.347 e. The molecule has 3 aromatic rings. The van der Waals surface area contributed by atoms with Gasteiger partial charge in [0.1, 0.15) is 6.54 Å². The first-order chi connectivity index (χ1) is 12.5. The van der Waals surface area contributed by atoms with Crippen LogP contribution in [0.5, 0.6) is 0 Å². The van der Waals surface area contributed by atoms with Gasteiger partial charge in [-0.05, 0) is 23.8 Å². The molecule has 0 bridgehead atoms. The zero-order chi connectivity index (χ0) is 18.1. The number of benzene rings is 2. The summed E-state index contributed by atoms with van der Waals surface area (Å²) in [6, 6.07) is 19.4. The number of amides is 1. The van der Waals surface area contributed by atoms with Crippen LogP contribution in [0.4, 0.5) is 0 Å². The number of hydrogen-bond donors (Lipinski definition) is 1. The molecule has 0 saturated heterocycles. The number of para-hydroxylation sites is 1. The molecule has 6 heteroatoms. The summed E-state index contributed by atoms with van der Waals surface area (Å²) < 4.78 is 25.0. The number of nitrogens with zero attached hydrogens (tertiary/aromatic N) is 1. The highest BCUT2D eigenvalue weighted by Crippen LogP contribution is 2.28. The summed E-state index contributed by atoms with van der Waals surface area (Å²) in [5.74, 6) is -0.285. The Bertz CT molecular complexity index is 1100. The summed E-state index contributed by atoms with van der Waals surface area (Å²) >= 11 is 0. The van der Waals surface area contributed by atoms with Crippen LogP contribution in [0.25, 0.3) is 22.2 Å². The van der Waals surface area contributed by atoms with Crippen molar-refractivity contribution in [3.05, 3.63) is 72.1 Å². The first kappa shape index (κ1) is 16.6. The molecule has 132 valence electrons. The van der Waals surface area contributed by atoms with E-state index in [0.29, 0.717) is 0 Å². The summed E-state index contributed by atoms with van der Waals surface area (Å²) in [6.45, 7) is 0.127. The highest BCUT2D eigenvalue weighted by molar-refractivity contribution is 7.94. The molecule has 0 spiro atoms. The summed E-state index contributed by atoms with van der Waals surface area (Å²) in [5.41, 5.74) is 2.95. The van der Waals surface area contributed by atoms with Crippen molar-refractivity contribution in [1.29, 1.82) is 0 Å². The Balaban J connectivity index is 1.65. The van der Waals surface area contributed by atoms with Crippen LogP contribution < -0.4 is 5.32 Å². The molecular formula is C20H18N2O3S. The summed E-state index contributed by atoms with van der Waals surface area (Å²) in [5, 5.41) is 5.01. The zero-order valence-corrected chi connectivity index (χ0v) is 14.8. The molecule has 1 aliphatic rings. The molecular weight excluding hydrogens is 348 g/mol. The van der Waals surface area contributed by atoms with E-state index in [1.807, 2.05) is 59.2 Å². The number of carbonyl (C=O) groups excluding carboxylic acids is 1. The third-order valence-corrected chi connectivity index (χ3v) is 5.85. The second-order valence-corrected chi connectivity index (χ2v) is 8.30. The van der Waals surface area contributed by atoms with Crippen molar-refractivity contribution in [2.45, 2.75) is 12.6 Å². The van der Waals surface area contributed by atoms with Gasteiger partial charge in [-0.3, -0.25) is 4.79 Å². The van der Waals surface area contributed by atoms with Crippen LogP contribution in [0.1, 0.15) is 0 Å². The molecule has 1 atom stereocenters. The first-order valence-electron chi connectivity index (χ1n) is 8.36. The van der Waals surface area contributed by atoms with Gasteiger partial charge in [-0.25, -0.2) is 8.42 Å². The fourth-order valence-corrected chi connectivity index (χ4v) is 4.53. The molecule has 2 aromatic carbocycles. The minimum absolute atomic E-state index is 0.0727. The lowest BCUT2D eigenvalue weighted by Gasteiger charge is -2.14. The van der Waals surface area contributed by atoms with E-state index in [1.165, 1.54) is 11.5 Å². The van der Waals surface area contributed by atoms with Crippen molar-refractivity contribution >= 4 is 26.6 Å². The summed E-state index contributed by atoms with van der Waals surface area (Å²) in [4.78, 5) is 12.5. The van der Waals surface area contributed by atoms with Crippen molar-refractivity contribution in [3.8, 4) is 11.3 Å². The SMILES string of the molecule is O=C(Cn1c(-c2ccccc2)cc2ccccc21)N[C@@H]1C=CS(=O)(=O)C1. The molecule has 0 fully saturated rings. The predicted molar refractivity (Wildman–Crippen MR) is 102 cm³/mol. The fourth-order valence-electron chi connectivity index (χ4n) is 3.29. The Hall–Kier alpha value is -2.86. The fraction of sp³-hybridized carbons (Fsp3) is 0.150. The summed E-state index contributed by atoms with van der Waals surface area (Å²) in [7, 11) is -3.19. The maximum atomic E-state index is 12.5. The predicted octanol–water partition coefficient (Wildman–Crippen LogP) is 2.74. The molecule has 0 radical (unpaired) electrons. The van der Waals surface area contributed by atoms with E-state index < -0.39 is 15.9 Å². The van der Waals surface area contributed by atoms with Gasteiger partial charge in [0, 0.05) is 22.0 Å². The molecule has 1 aromatic heterocycles. The number of rotatable bonds is 4. The number of fused-ring (bicyclic) bond motifs is 1. The number of aromatic nitrogens is 1. The van der Waals surface area contributed by atoms with Gasteiger partial charge in [-0.15, -0.1) is 0 Å². The third kappa shape index (κ3) is 3.28. The van der Waals surface area contributed by atoms with E-state index in [0.717, 1.165) is 22.2 Å². The Kier molecular flexibility index (Phi) is 4.12. The molecule has 4 rings (SSSR count). The molecule has 1 aliphatic heterocycles. The quantitative estimate of drug-likeness (QED) is 0.772. The average molecular weight is 366 g/mol. The molecule has 5 nitrogen and oxygen atoms in total. The van der Waals surface area contributed by atoms with Gasteiger partial charge in [0.15, 0.2) is 9.84 Å². The van der Waals surface area contributed by atoms with Crippen molar-refractivity contribution in [1.82, 2.24) is 9.88 Å². The topological polar surface area (TPSA) is 68.2 Å². The lowest BCUT2D eigenvalue weighted by Crippen LogP contribution is -2.37. The van der Waals surface area contributed by atoms with E-state index in [4.69, 9.17) is 0 Å². The van der Waals surface area contributed by atoms with Gasteiger partial charge in [-0.2, -0.15) is 0 Å². The molecule has 1 amide bonds. The van der Waals surface area contributed by atoms with Crippen LogP contribution in [0.2, 0.25) is 0 Å². The smallest absolute Gasteiger partial charge is 0.240 e. The number of nitrogens with one attached hydrogen (secondary N) is 1. The molecule has 26 heavy (non-hydrogen) atoms. The van der Waals surface area contributed by atoms with Gasteiger partial charge in [-0.1, -0.05) is 48.5 Å². The standard InChI is InChI=1S/C20H18N2O3S/c23-20(21-17-10-11-26(24,25)14-17)13-22-18-9-5-4-8-16(18)12-19(22)15-6-2-1-3-7-15/h1-12,17H,13-14H2,(H,21,23)/t17-/m1/s1. The zero-order valence-electron chi connectivity index (χ0n) is 14.0. The van der Waals surface area contributed by atoms with Crippen molar-refractivity contribution in [3.63, 3.8) is 0 Å². The second kappa shape index (κ2) is 6.46. The Morgan fingerprint density at radius 1 is 1.08 bits per heavy atom. The van der Waals surface area contributed by atoms with Crippen LogP contribution in [0.3, 0.4) is 0 Å². The summed E-state index contributed by atoms with van der Waals surface area (Å²) in [6.07, 6.45) is 1.53. The Labute approximate surface area is 151 Å². The Morgan fingerprint density at radius 3 is 2.54 bits per heavy atom. The van der Waals surface area contributed by atoms with Crippen LogP contribution in [0, 0.1) is 0 Å². The molecule has 0 saturated carbocycles. The van der Waals surface area contributed by atoms with E-state index in [9.17, 15) is 13.2 Å². The lowest BCUT2D eigenvalue weighted by atomic mass is 10.1. The molecule has 0 unspecified atom stereocenters. The molecule has 0 aliphatic carbocycles. The van der Waals surface area contributed by atoms with E-state index in [-0.39, 0.29) is 18.2 Å². The van der Waals surface area contributed by atoms with Crippen LogP contribution in [0.15, 0.2) is 72.1 Å². The van der Waals surface area contributed by atoms with E-state index in [1.54, 1.807) is 0 Å². The van der Waals surface area contributed by atoms with Crippen LogP contribution >= 0.6 is 0 Å². The van der Waals surface area contributed by atoms with E-state index in [2.05, 4.69) is 11.4 Å². The van der Waals surface area contributed by atoms with Crippen molar-refractivity contribution in [2.75, 3.05) is 5.75 Å². The van der Waals surface area contributed by atoms with Gasteiger partial charge < -0.3 is 9.88 Å². The normalized spacial score (nSPS) is 18.2. The average Bonchev–Trinajstić information content (AvgIpc) is 3.16. The van der Waals surface area contributed by atoms with E-state index >= 15 is 0 Å². The van der Waals surface area contributed by atoms with Crippen molar-refractivity contribution < 1.29 is 13.2 Å². The maximum Gasteiger partial charge on any atom is 0.240 e. The highest BCUT2D eigenvalue weighted by Gasteiger charge is 2.23. The Morgan fingerprint density at radius 2 is 1.81 bits per heavy atom. The number of carbonyl (C=O) groups is 1. The van der Waals surface area contributed by atoms with Gasteiger partial charge in [0.05, 0.1) is 11.8 Å². The number of sulfone groups is 1. The van der Waals surface area contributed by atoms with Gasteiger partial charge >= 0.3 is 0 Å². The monoisotopic (exact) mass is 366 g/mol. The highest BCUT2D eigenvalue weighted by atomic mass is 32.2. The maximum absolute atomic E-state index is 12.5.